The molecule has 0 unspecified atom stereocenters. The van der Waals surface area contributed by atoms with Gasteiger partial charge in [-0.2, -0.15) is 0 Å². The van der Waals surface area contributed by atoms with E-state index in [9.17, 15) is 0 Å². The Bertz CT molecular complexity index is 641. The minimum Gasteiger partial charge on any atom is -0.389 e. The molecule has 21 heavy (non-hydrogen) atoms. The minimum atomic E-state index is 0.470. The first-order valence-corrected chi connectivity index (χ1v) is 7.84. The van der Waals surface area contributed by atoms with Crippen LogP contribution in [0.4, 0.5) is 0 Å². The van der Waals surface area contributed by atoms with Gasteiger partial charge in [-0.15, -0.1) is 0 Å². The zero-order chi connectivity index (χ0) is 14.8. The molecule has 1 aromatic heterocycles. The lowest BCUT2D eigenvalue weighted by Gasteiger charge is -2.32. The number of benzene rings is 1. The third kappa shape index (κ3) is 3.10. The van der Waals surface area contributed by atoms with Gasteiger partial charge in [0.2, 0.25) is 0 Å². The van der Waals surface area contributed by atoms with Gasteiger partial charge in [0.1, 0.15) is 4.99 Å². The Hall–Kier alpha value is -1.43. The molecule has 0 bridgehead atoms. The van der Waals surface area contributed by atoms with E-state index in [1.165, 1.54) is 5.52 Å². The highest BCUT2D eigenvalue weighted by molar-refractivity contribution is 7.80. The van der Waals surface area contributed by atoms with E-state index in [4.69, 9.17) is 18.0 Å². The molecular formula is C16H22N4S. The van der Waals surface area contributed by atoms with Gasteiger partial charge in [-0.1, -0.05) is 24.4 Å². The van der Waals surface area contributed by atoms with Crippen LogP contribution in [0.5, 0.6) is 0 Å². The first kappa shape index (κ1) is 14.5. The molecule has 0 amide bonds. The number of hydrogen-bond donors (Lipinski definition) is 1. The van der Waals surface area contributed by atoms with Crippen LogP contribution in [0.2, 0.25) is 0 Å². The molecule has 112 valence electrons. The molecule has 3 rings (SSSR count). The largest absolute Gasteiger partial charge is 0.389 e. The second-order valence-corrected chi connectivity index (χ2v) is 6.20. The first-order chi connectivity index (χ1) is 10.1. The number of fused-ring (bicyclic) bond motifs is 1. The molecule has 1 aliphatic rings. The van der Waals surface area contributed by atoms with Gasteiger partial charge >= 0.3 is 0 Å². The van der Waals surface area contributed by atoms with Crippen LogP contribution in [-0.4, -0.2) is 59.1 Å². The van der Waals surface area contributed by atoms with Crippen molar-refractivity contribution < 1.29 is 0 Å². The van der Waals surface area contributed by atoms with Crippen molar-refractivity contribution in [2.45, 2.75) is 6.54 Å². The molecule has 2 N–H and O–H groups in total. The summed E-state index contributed by atoms with van der Waals surface area (Å²) in [6.45, 7) is 6.75. The van der Waals surface area contributed by atoms with E-state index < -0.39 is 0 Å². The third-order valence-corrected chi connectivity index (χ3v) is 4.55. The van der Waals surface area contributed by atoms with Crippen molar-refractivity contribution in [3.63, 3.8) is 0 Å². The second-order valence-electron chi connectivity index (χ2n) is 5.76. The Morgan fingerprint density at radius 1 is 1.14 bits per heavy atom. The van der Waals surface area contributed by atoms with Crippen LogP contribution < -0.4 is 5.73 Å². The maximum absolute atomic E-state index is 5.80. The maximum Gasteiger partial charge on any atom is 0.104 e. The predicted octanol–water partition coefficient (Wildman–Crippen LogP) is 1.52. The van der Waals surface area contributed by atoms with Gasteiger partial charge < -0.3 is 15.2 Å². The van der Waals surface area contributed by atoms with Crippen molar-refractivity contribution in [2.75, 3.05) is 39.8 Å². The highest BCUT2D eigenvalue weighted by Crippen LogP contribution is 2.20. The number of rotatable bonds is 4. The minimum absolute atomic E-state index is 0.470. The van der Waals surface area contributed by atoms with Gasteiger partial charge in [-0.05, 0) is 19.2 Å². The molecule has 0 atom stereocenters. The van der Waals surface area contributed by atoms with Crippen LogP contribution in [0.1, 0.15) is 5.56 Å². The van der Waals surface area contributed by atoms with Gasteiger partial charge in [0.25, 0.3) is 0 Å². The Labute approximate surface area is 131 Å². The van der Waals surface area contributed by atoms with E-state index in [1.807, 2.05) is 12.1 Å². The Morgan fingerprint density at radius 3 is 2.62 bits per heavy atom. The monoisotopic (exact) mass is 302 g/mol. The summed E-state index contributed by atoms with van der Waals surface area (Å²) < 4.78 is 2.30. The van der Waals surface area contributed by atoms with Gasteiger partial charge in [0.05, 0.1) is 0 Å². The average Bonchev–Trinajstić information content (AvgIpc) is 2.89. The number of hydrogen-bond acceptors (Lipinski definition) is 3. The summed E-state index contributed by atoms with van der Waals surface area (Å²) in [6, 6.07) is 8.29. The molecule has 4 nitrogen and oxygen atoms in total. The number of likely N-dealkylation sites (N-methyl/N-ethyl adjacent to an activating group) is 1. The van der Waals surface area contributed by atoms with Crippen LogP contribution in [-0.2, 0) is 6.54 Å². The Balaban J connectivity index is 1.73. The highest BCUT2D eigenvalue weighted by atomic mass is 32.1. The normalized spacial score (nSPS) is 17.4. The summed E-state index contributed by atoms with van der Waals surface area (Å²) >= 11 is 5.13. The lowest BCUT2D eigenvalue weighted by molar-refractivity contribution is 0.150. The Kier molecular flexibility index (Phi) is 4.24. The van der Waals surface area contributed by atoms with E-state index in [1.54, 1.807) is 0 Å². The smallest absolute Gasteiger partial charge is 0.104 e. The standard InChI is InChI=1S/C16H22N4S/c1-18-7-9-19(10-8-18)11-12-20-6-5-13-14(16(17)21)3-2-4-15(13)20/h2-6H,7-12H2,1H3,(H2,17,21). The number of nitrogens with two attached hydrogens (primary N) is 1. The van der Waals surface area contributed by atoms with Crippen molar-refractivity contribution in [3.8, 4) is 0 Å². The molecule has 1 aromatic carbocycles. The van der Waals surface area contributed by atoms with E-state index >= 15 is 0 Å². The van der Waals surface area contributed by atoms with Crippen molar-refractivity contribution in [1.29, 1.82) is 0 Å². The predicted molar refractivity (Wildman–Crippen MR) is 91.8 cm³/mol. The van der Waals surface area contributed by atoms with Crippen molar-refractivity contribution in [1.82, 2.24) is 14.4 Å². The summed E-state index contributed by atoms with van der Waals surface area (Å²) in [7, 11) is 2.19. The number of piperazine rings is 1. The van der Waals surface area contributed by atoms with Crippen molar-refractivity contribution in [3.05, 3.63) is 36.0 Å². The van der Waals surface area contributed by atoms with Crippen LogP contribution in [0.15, 0.2) is 30.5 Å². The quantitative estimate of drug-likeness (QED) is 0.869. The number of nitrogens with zero attached hydrogens (tertiary/aromatic N) is 3. The van der Waals surface area contributed by atoms with Crippen LogP contribution >= 0.6 is 12.2 Å². The molecule has 0 radical (unpaired) electrons. The molecule has 1 saturated heterocycles. The maximum atomic E-state index is 5.80. The van der Waals surface area contributed by atoms with E-state index in [2.05, 4.69) is 39.7 Å². The molecular weight excluding hydrogens is 280 g/mol. The summed E-state index contributed by atoms with van der Waals surface area (Å²) in [5.41, 5.74) is 7.99. The van der Waals surface area contributed by atoms with E-state index in [-0.39, 0.29) is 0 Å². The zero-order valence-corrected chi connectivity index (χ0v) is 13.3. The SMILES string of the molecule is CN1CCN(CCn2ccc3c(C(N)=S)cccc32)CC1. The molecule has 0 aliphatic carbocycles. The average molecular weight is 302 g/mol. The first-order valence-electron chi connectivity index (χ1n) is 7.44. The fourth-order valence-electron chi connectivity index (χ4n) is 2.95. The summed E-state index contributed by atoms with van der Waals surface area (Å²) in [5.74, 6) is 0. The van der Waals surface area contributed by atoms with Gasteiger partial charge in [-0.3, -0.25) is 4.90 Å². The summed E-state index contributed by atoms with van der Waals surface area (Å²) in [4.78, 5) is 5.39. The number of thiocarbonyl (C=S) groups is 1. The van der Waals surface area contributed by atoms with Gasteiger partial charge in [-0.25, -0.2) is 0 Å². The highest BCUT2D eigenvalue weighted by Gasteiger charge is 2.14. The molecule has 5 heteroatoms. The molecule has 1 fully saturated rings. The lowest BCUT2D eigenvalue weighted by Crippen LogP contribution is -2.45. The molecule has 2 aromatic rings. The Morgan fingerprint density at radius 2 is 1.90 bits per heavy atom. The van der Waals surface area contributed by atoms with Gasteiger partial charge in [0, 0.05) is 61.9 Å². The molecule has 0 spiro atoms. The third-order valence-electron chi connectivity index (χ3n) is 4.33. The molecule has 2 heterocycles. The molecule has 0 saturated carbocycles. The van der Waals surface area contributed by atoms with E-state index in [0.717, 1.165) is 50.2 Å². The van der Waals surface area contributed by atoms with Crippen molar-refractivity contribution >= 4 is 28.1 Å². The fourth-order valence-corrected chi connectivity index (χ4v) is 3.13. The topological polar surface area (TPSA) is 37.4 Å². The van der Waals surface area contributed by atoms with E-state index in [0.29, 0.717) is 4.99 Å². The van der Waals surface area contributed by atoms with Crippen LogP contribution in [0.25, 0.3) is 10.9 Å². The summed E-state index contributed by atoms with van der Waals surface area (Å²) in [6.07, 6.45) is 2.14. The second kappa shape index (κ2) is 6.13. The lowest BCUT2D eigenvalue weighted by atomic mass is 10.1. The zero-order valence-electron chi connectivity index (χ0n) is 12.5. The fraction of sp³-hybridized carbons (Fsp3) is 0.438. The van der Waals surface area contributed by atoms with Crippen molar-refractivity contribution in [2.24, 2.45) is 5.73 Å². The van der Waals surface area contributed by atoms with Gasteiger partial charge in [0.15, 0.2) is 0 Å². The van der Waals surface area contributed by atoms with Crippen LogP contribution in [0.3, 0.4) is 0 Å². The summed E-state index contributed by atoms with van der Waals surface area (Å²) in [5, 5.41) is 1.16. The number of aromatic nitrogens is 1. The molecule has 1 aliphatic heterocycles. The van der Waals surface area contributed by atoms with Crippen LogP contribution in [0, 0.1) is 0 Å².